The van der Waals surface area contributed by atoms with E-state index in [1.807, 2.05) is 50.2 Å². The summed E-state index contributed by atoms with van der Waals surface area (Å²) < 4.78 is 0. The maximum absolute atomic E-state index is 12.8. The Morgan fingerprint density at radius 1 is 1.04 bits per heavy atom. The van der Waals surface area contributed by atoms with E-state index in [0.717, 1.165) is 16.8 Å². The molecule has 0 aliphatic heterocycles. The van der Waals surface area contributed by atoms with Gasteiger partial charge in [-0.2, -0.15) is 0 Å². The third-order valence-electron chi connectivity index (χ3n) is 4.80. The van der Waals surface area contributed by atoms with Crippen LogP contribution in [-0.2, 0) is 6.54 Å². The van der Waals surface area contributed by atoms with E-state index in [1.54, 1.807) is 12.3 Å². The van der Waals surface area contributed by atoms with Crippen molar-refractivity contribution in [1.82, 2.24) is 9.97 Å². The van der Waals surface area contributed by atoms with Crippen LogP contribution in [0.5, 0.6) is 0 Å². The molecular weight excluding hydrogens is 348 g/mol. The minimum absolute atomic E-state index is 0.192. The first-order valence-electron chi connectivity index (χ1n) is 9.47. The Bertz CT molecular complexity index is 954. The van der Waals surface area contributed by atoms with Crippen LogP contribution in [0.1, 0.15) is 41.0 Å². The van der Waals surface area contributed by atoms with Crippen molar-refractivity contribution in [3.8, 4) is 0 Å². The molecule has 0 aliphatic rings. The first-order chi connectivity index (χ1) is 13.5. The zero-order chi connectivity index (χ0) is 20.1. The molecule has 5 nitrogen and oxygen atoms in total. The molecule has 0 unspecified atom stereocenters. The molecule has 3 aromatic rings. The third kappa shape index (κ3) is 4.55. The number of aryl methyl sites for hydroxylation is 1. The summed E-state index contributed by atoms with van der Waals surface area (Å²) in [5, 5.41) is 2.96. The summed E-state index contributed by atoms with van der Waals surface area (Å²) in [5.41, 5.74) is 4.51. The summed E-state index contributed by atoms with van der Waals surface area (Å²) in [6.07, 6.45) is 1.64. The molecule has 144 valence electrons. The molecule has 1 amide bonds. The van der Waals surface area contributed by atoms with Gasteiger partial charge in [0.2, 0.25) is 5.95 Å². The van der Waals surface area contributed by atoms with Crippen LogP contribution in [0.3, 0.4) is 0 Å². The summed E-state index contributed by atoms with van der Waals surface area (Å²) in [4.78, 5) is 23.8. The molecule has 5 heteroatoms. The second-order valence-electron chi connectivity index (χ2n) is 7.15. The van der Waals surface area contributed by atoms with Crippen molar-refractivity contribution in [3.05, 3.63) is 83.2 Å². The van der Waals surface area contributed by atoms with Gasteiger partial charge in [0.05, 0.1) is 0 Å². The number of nitrogens with one attached hydrogen (secondary N) is 1. The molecule has 1 N–H and O–H groups in total. The number of rotatable bonds is 6. The summed E-state index contributed by atoms with van der Waals surface area (Å²) in [6, 6.07) is 17.9. The average molecular weight is 374 g/mol. The van der Waals surface area contributed by atoms with Gasteiger partial charge in [-0.25, -0.2) is 9.97 Å². The molecule has 0 atom stereocenters. The Balaban J connectivity index is 1.83. The van der Waals surface area contributed by atoms with E-state index in [2.05, 4.69) is 46.2 Å². The largest absolute Gasteiger partial charge is 0.334 e. The van der Waals surface area contributed by atoms with Crippen LogP contribution in [0.4, 0.5) is 11.6 Å². The van der Waals surface area contributed by atoms with Gasteiger partial charge in [0.25, 0.3) is 5.91 Å². The van der Waals surface area contributed by atoms with Gasteiger partial charge in [0.15, 0.2) is 0 Å². The Kier molecular flexibility index (Phi) is 6.04. The van der Waals surface area contributed by atoms with E-state index in [1.165, 1.54) is 5.56 Å². The van der Waals surface area contributed by atoms with Gasteiger partial charge in [-0.05, 0) is 56.5 Å². The molecular formula is C23H26N4O. The molecule has 0 saturated heterocycles. The maximum Gasteiger partial charge on any atom is 0.274 e. The topological polar surface area (TPSA) is 58.1 Å². The first kappa shape index (κ1) is 19.5. The Morgan fingerprint density at radius 3 is 2.50 bits per heavy atom. The fourth-order valence-corrected chi connectivity index (χ4v) is 2.95. The highest BCUT2D eigenvalue weighted by Crippen LogP contribution is 2.20. The zero-order valence-corrected chi connectivity index (χ0v) is 16.8. The van der Waals surface area contributed by atoms with Crippen molar-refractivity contribution in [1.29, 1.82) is 0 Å². The number of carbonyl (C=O) groups excluding carboxylic acids is 1. The van der Waals surface area contributed by atoms with Gasteiger partial charge in [0.1, 0.15) is 5.69 Å². The summed E-state index contributed by atoms with van der Waals surface area (Å²) >= 11 is 0. The van der Waals surface area contributed by atoms with Crippen molar-refractivity contribution in [2.45, 2.75) is 40.3 Å². The molecule has 28 heavy (non-hydrogen) atoms. The fraction of sp³-hybridized carbons (Fsp3) is 0.261. The highest BCUT2D eigenvalue weighted by molar-refractivity contribution is 6.03. The second kappa shape index (κ2) is 8.65. The van der Waals surface area contributed by atoms with Crippen molar-refractivity contribution < 1.29 is 4.79 Å². The first-order valence-corrected chi connectivity index (χ1v) is 9.47. The highest BCUT2D eigenvalue weighted by atomic mass is 16.1. The van der Waals surface area contributed by atoms with E-state index in [-0.39, 0.29) is 11.9 Å². The molecule has 2 aromatic carbocycles. The molecule has 0 fully saturated rings. The normalized spacial score (nSPS) is 10.8. The van der Waals surface area contributed by atoms with Gasteiger partial charge >= 0.3 is 0 Å². The van der Waals surface area contributed by atoms with Gasteiger partial charge < -0.3 is 10.2 Å². The molecule has 3 rings (SSSR count). The molecule has 0 spiro atoms. The number of nitrogens with zero attached hydrogens (tertiary/aromatic N) is 3. The van der Waals surface area contributed by atoms with Crippen LogP contribution in [0.25, 0.3) is 0 Å². The summed E-state index contributed by atoms with van der Waals surface area (Å²) in [7, 11) is 0. The number of hydrogen-bond acceptors (Lipinski definition) is 4. The highest BCUT2D eigenvalue weighted by Gasteiger charge is 2.17. The van der Waals surface area contributed by atoms with Crippen LogP contribution in [-0.4, -0.2) is 21.9 Å². The Morgan fingerprint density at radius 2 is 1.79 bits per heavy atom. The number of benzene rings is 2. The van der Waals surface area contributed by atoms with Gasteiger partial charge in [-0.1, -0.05) is 42.5 Å². The lowest BCUT2D eigenvalue weighted by Crippen LogP contribution is -2.32. The Labute approximate surface area is 166 Å². The number of anilines is 2. The summed E-state index contributed by atoms with van der Waals surface area (Å²) in [5.74, 6) is 0.313. The average Bonchev–Trinajstić information content (AvgIpc) is 2.70. The monoisotopic (exact) mass is 374 g/mol. The predicted molar refractivity (Wildman–Crippen MR) is 114 cm³/mol. The van der Waals surface area contributed by atoms with Gasteiger partial charge in [-0.3, -0.25) is 4.79 Å². The van der Waals surface area contributed by atoms with Crippen LogP contribution in [0.2, 0.25) is 0 Å². The Hall–Kier alpha value is -3.21. The van der Waals surface area contributed by atoms with E-state index in [9.17, 15) is 4.79 Å². The molecule has 0 saturated carbocycles. The fourth-order valence-electron chi connectivity index (χ4n) is 2.95. The smallest absolute Gasteiger partial charge is 0.274 e. The quantitative estimate of drug-likeness (QED) is 0.676. The van der Waals surface area contributed by atoms with Gasteiger partial charge in [0, 0.05) is 24.5 Å². The zero-order valence-electron chi connectivity index (χ0n) is 16.8. The number of hydrogen-bond donors (Lipinski definition) is 1. The number of carbonyl (C=O) groups is 1. The minimum Gasteiger partial charge on any atom is -0.334 e. The molecule has 0 radical (unpaired) electrons. The second-order valence-corrected chi connectivity index (χ2v) is 7.15. The lowest BCUT2D eigenvalue weighted by Gasteiger charge is -2.27. The lowest BCUT2D eigenvalue weighted by atomic mass is 10.1. The van der Waals surface area contributed by atoms with Crippen LogP contribution in [0, 0.1) is 13.8 Å². The molecule has 0 bridgehead atoms. The van der Waals surface area contributed by atoms with Crippen molar-refractivity contribution in [2.75, 3.05) is 10.2 Å². The number of amides is 1. The maximum atomic E-state index is 12.8. The van der Waals surface area contributed by atoms with E-state index >= 15 is 0 Å². The number of aromatic nitrogens is 2. The molecule has 1 heterocycles. The lowest BCUT2D eigenvalue weighted by molar-refractivity contribution is 0.102. The molecule has 0 aliphatic carbocycles. The third-order valence-corrected chi connectivity index (χ3v) is 4.80. The summed E-state index contributed by atoms with van der Waals surface area (Å²) in [6.45, 7) is 8.89. The predicted octanol–water partition coefficient (Wildman–Crippen LogP) is 4.76. The standard InChI is InChI=1S/C23H26N4O/c1-16(2)27(15-19-10-6-5-7-11-19)23-24-14-13-21(26-23)22(28)25-20-12-8-9-17(3)18(20)4/h5-14,16H,15H2,1-4H3,(H,25,28). The van der Waals surface area contributed by atoms with E-state index in [4.69, 9.17) is 0 Å². The van der Waals surface area contributed by atoms with Gasteiger partial charge in [-0.15, -0.1) is 0 Å². The van der Waals surface area contributed by atoms with Crippen LogP contribution >= 0.6 is 0 Å². The molecule has 1 aromatic heterocycles. The van der Waals surface area contributed by atoms with E-state index in [0.29, 0.717) is 18.2 Å². The van der Waals surface area contributed by atoms with E-state index < -0.39 is 0 Å². The van der Waals surface area contributed by atoms with Crippen LogP contribution in [0.15, 0.2) is 60.8 Å². The van der Waals surface area contributed by atoms with Crippen molar-refractivity contribution in [3.63, 3.8) is 0 Å². The van der Waals surface area contributed by atoms with Crippen LogP contribution < -0.4 is 10.2 Å². The SMILES string of the molecule is Cc1cccc(NC(=O)c2ccnc(N(Cc3ccccc3)C(C)C)n2)c1C. The van der Waals surface area contributed by atoms with Crippen molar-refractivity contribution in [2.24, 2.45) is 0 Å². The minimum atomic E-state index is -0.235. The van der Waals surface area contributed by atoms with Crippen molar-refractivity contribution >= 4 is 17.5 Å².